The lowest BCUT2D eigenvalue weighted by atomic mass is 9.96. The van der Waals surface area contributed by atoms with Gasteiger partial charge in [-0.15, -0.1) is 0 Å². The Hall–Kier alpha value is -6.32. The van der Waals surface area contributed by atoms with E-state index in [9.17, 15) is 14.7 Å². The number of aliphatic hydroxyl groups is 1. The van der Waals surface area contributed by atoms with Gasteiger partial charge in [-0.3, -0.25) is 14.9 Å². The molecule has 0 spiro atoms. The molecule has 11 rings (SSSR count). The molecule has 338 valence electrons. The number of fused-ring (bicyclic) bond motifs is 4. The highest BCUT2D eigenvalue weighted by atomic mass is 16.6. The predicted octanol–water partition coefficient (Wildman–Crippen LogP) is 6.28. The van der Waals surface area contributed by atoms with Crippen LogP contribution < -0.4 is 33.7 Å². The van der Waals surface area contributed by atoms with Crippen molar-refractivity contribution in [3.63, 3.8) is 0 Å². The van der Waals surface area contributed by atoms with Crippen LogP contribution in [0.4, 0.5) is 0 Å². The number of nitrogens with zero attached hydrogens (tertiary/aromatic N) is 2. The molecule has 0 aromatic heterocycles. The molecule has 0 radical (unpaired) electrons. The molecule has 6 atom stereocenters. The number of cyclic esters (lactones) is 1. The van der Waals surface area contributed by atoms with Gasteiger partial charge < -0.3 is 47.9 Å². The molecule has 0 saturated carbocycles. The lowest BCUT2D eigenvalue weighted by Crippen LogP contribution is -2.49. The van der Waals surface area contributed by atoms with Crippen molar-refractivity contribution in [1.29, 1.82) is 0 Å². The molecular formula is C51H53N3O11. The maximum absolute atomic E-state index is 13.3. The zero-order valence-corrected chi connectivity index (χ0v) is 36.1. The number of morpholine rings is 1. The van der Waals surface area contributed by atoms with E-state index in [0.717, 1.165) is 65.2 Å². The Morgan fingerprint density at radius 1 is 0.631 bits per heavy atom. The van der Waals surface area contributed by atoms with Crippen molar-refractivity contribution in [2.45, 2.75) is 55.8 Å². The van der Waals surface area contributed by atoms with Crippen molar-refractivity contribution < 1.29 is 52.6 Å². The van der Waals surface area contributed by atoms with E-state index in [2.05, 4.69) is 22.3 Å². The van der Waals surface area contributed by atoms with Crippen molar-refractivity contribution in [3.8, 4) is 34.5 Å². The van der Waals surface area contributed by atoms with Gasteiger partial charge in [-0.05, 0) is 83.5 Å². The van der Waals surface area contributed by atoms with Crippen LogP contribution in [0.5, 0.6) is 34.5 Å². The summed E-state index contributed by atoms with van der Waals surface area (Å²) in [5.41, 5.74) is 4.75. The number of ether oxygens (including phenoxy) is 8. The maximum Gasteiger partial charge on any atom is 0.326 e. The van der Waals surface area contributed by atoms with Gasteiger partial charge in [0.2, 0.25) is 5.91 Å². The smallest absolute Gasteiger partial charge is 0.326 e. The second kappa shape index (κ2) is 19.4. The molecule has 1 amide bonds. The first kappa shape index (κ1) is 42.6. The number of likely N-dealkylation sites (tertiary alicyclic amines) is 1. The summed E-state index contributed by atoms with van der Waals surface area (Å²) in [6, 6.07) is 35.7. The zero-order valence-electron chi connectivity index (χ0n) is 36.1. The average molecular weight is 884 g/mol. The van der Waals surface area contributed by atoms with E-state index in [1.165, 1.54) is 0 Å². The van der Waals surface area contributed by atoms with Crippen molar-refractivity contribution >= 4 is 11.9 Å². The van der Waals surface area contributed by atoms with E-state index in [-0.39, 0.29) is 37.2 Å². The molecule has 6 aliphatic heterocycles. The number of carbonyl (C=O) groups excluding carboxylic acids is 2. The average Bonchev–Trinajstić information content (AvgIpc) is 4.06. The molecule has 0 aliphatic carbocycles. The van der Waals surface area contributed by atoms with E-state index in [1.54, 1.807) is 0 Å². The number of benzene rings is 5. The number of esters is 1. The van der Waals surface area contributed by atoms with Crippen molar-refractivity contribution in [2.75, 3.05) is 65.9 Å². The van der Waals surface area contributed by atoms with Gasteiger partial charge in [0.1, 0.15) is 64.6 Å². The topological polar surface area (TPSA) is 147 Å². The number of aliphatic hydroxyl groups excluding tert-OH is 1. The fourth-order valence-corrected chi connectivity index (χ4v) is 9.43. The van der Waals surface area contributed by atoms with Crippen LogP contribution in [0.3, 0.4) is 0 Å². The minimum atomic E-state index is -0.635. The van der Waals surface area contributed by atoms with Crippen LogP contribution >= 0.6 is 0 Å². The second-order valence-corrected chi connectivity index (χ2v) is 16.7. The molecule has 3 unspecified atom stereocenters. The summed E-state index contributed by atoms with van der Waals surface area (Å²) in [6.07, 6.45) is 1.56. The molecule has 5 aromatic rings. The highest BCUT2D eigenvalue weighted by Crippen LogP contribution is 2.51. The van der Waals surface area contributed by atoms with E-state index >= 15 is 0 Å². The summed E-state index contributed by atoms with van der Waals surface area (Å²) >= 11 is 0. The second-order valence-electron chi connectivity index (χ2n) is 16.7. The van der Waals surface area contributed by atoms with Crippen LogP contribution in [0.15, 0.2) is 115 Å². The van der Waals surface area contributed by atoms with Crippen LogP contribution in [0.2, 0.25) is 0 Å². The molecule has 6 aliphatic rings. The van der Waals surface area contributed by atoms with E-state index in [1.807, 2.05) is 108 Å². The largest absolute Gasteiger partial charge is 0.486 e. The fourth-order valence-electron chi connectivity index (χ4n) is 9.43. The molecule has 5 aromatic carbocycles. The molecule has 14 nitrogen and oxygen atoms in total. The molecule has 14 heteroatoms. The molecule has 3 fully saturated rings. The van der Waals surface area contributed by atoms with Crippen LogP contribution in [0.1, 0.15) is 65.1 Å². The predicted molar refractivity (Wildman–Crippen MR) is 237 cm³/mol. The highest BCUT2D eigenvalue weighted by Gasteiger charge is 2.54. The Morgan fingerprint density at radius 2 is 1.18 bits per heavy atom. The molecule has 65 heavy (non-hydrogen) atoms. The highest BCUT2D eigenvalue weighted by molar-refractivity contribution is 5.82. The summed E-state index contributed by atoms with van der Waals surface area (Å²) in [6.45, 7) is 4.87. The first-order valence-electron chi connectivity index (χ1n) is 22.5. The number of carbonyl (C=O) groups is 2. The summed E-state index contributed by atoms with van der Waals surface area (Å²) in [4.78, 5) is 30.6. The van der Waals surface area contributed by atoms with Gasteiger partial charge in [0.15, 0.2) is 34.5 Å². The van der Waals surface area contributed by atoms with Gasteiger partial charge in [-0.1, -0.05) is 78.9 Å². The fraction of sp³-hybridized carbons (Fsp3) is 0.373. The van der Waals surface area contributed by atoms with E-state index < -0.39 is 24.4 Å². The van der Waals surface area contributed by atoms with Gasteiger partial charge in [-0.2, -0.15) is 0 Å². The number of nitrogens with one attached hydrogen (secondary N) is 1. The first-order valence-corrected chi connectivity index (χ1v) is 22.5. The zero-order chi connectivity index (χ0) is 44.1. The lowest BCUT2D eigenvalue weighted by molar-refractivity contribution is -0.163. The summed E-state index contributed by atoms with van der Waals surface area (Å²) in [5, 5.41) is 13.4. The van der Waals surface area contributed by atoms with Gasteiger partial charge >= 0.3 is 5.97 Å². The van der Waals surface area contributed by atoms with Crippen LogP contribution in [-0.4, -0.2) is 105 Å². The van der Waals surface area contributed by atoms with Gasteiger partial charge in [0, 0.05) is 13.1 Å². The number of amides is 1. The summed E-state index contributed by atoms with van der Waals surface area (Å²) in [5.74, 6) is 3.99. The number of hydrogen-bond acceptors (Lipinski definition) is 13. The van der Waals surface area contributed by atoms with Crippen LogP contribution in [-0.2, 0) is 25.5 Å². The SMILES string of the molecule is O=C([C@H](Cc1ccc2c(c1)OCCO2)NC(CO)c1ccccc1)N1CCCC1.O=C1OC[C@H](c2ccccc2)N2C(c3ccc4c(c3)OCCO4)O[C@H](c3ccc4c(c3)OCCO4)C12. The monoisotopic (exact) mass is 883 g/mol. The maximum atomic E-state index is 13.3. The Bertz CT molecular complexity index is 2450. The molecule has 2 N–H and O–H groups in total. The van der Waals surface area contributed by atoms with Crippen LogP contribution in [0.25, 0.3) is 0 Å². The molecule has 0 bridgehead atoms. The molecule has 3 saturated heterocycles. The first-order chi connectivity index (χ1) is 32.0. The molecular weight excluding hydrogens is 831 g/mol. The molecule has 6 heterocycles. The van der Waals surface area contributed by atoms with Gasteiger partial charge in [0.05, 0.1) is 24.7 Å². The number of rotatable bonds is 10. The van der Waals surface area contributed by atoms with Crippen molar-refractivity contribution in [3.05, 3.63) is 143 Å². The quantitative estimate of drug-likeness (QED) is 0.152. The van der Waals surface area contributed by atoms with Crippen LogP contribution in [0, 0.1) is 0 Å². The van der Waals surface area contributed by atoms with Crippen molar-refractivity contribution in [2.24, 2.45) is 0 Å². The third kappa shape index (κ3) is 9.17. The Kier molecular flexibility index (Phi) is 12.7. The minimum absolute atomic E-state index is 0.0745. The summed E-state index contributed by atoms with van der Waals surface area (Å²) < 4.78 is 46.8. The summed E-state index contributed by atoms with van der Waals surface area (Å²) in [7, 11) is 0. The standard InChI is InChI=1S/C28H25NO7.C23H28N2O4/c30-28-25-26(18-6-8-21-23(14-18)33-12-10-31-21)36-27(19-7-9-22-24(15-19)34-13-11-32-22)29(25)20(16-35-28)17-4-2-1-3-5-17;26-16-20(18-6-2-1-3-7-18)24-19(23(27)25-10-4-5-11-25)14-17-8-9-21-22(15-17)29-13-12-28-21/h1-9,14-15,20,25-27H,10-13,16H2;1-3,6-9,15,19-20,24,26H,4-5,10-14,16H2/t20-,25?,26-,27?;19-,20?/m10/s1. The third-order valence-electron chi connectivity index (χ3n) is 12.6. The van der Waals surface area contributed by atoms with Gasteiger partial charge in [-0.25, -0.2) is 4.90 Å². The Labute approximate surface area is 377 Å². The van der Waals surface area contributed by atoms with Gasteiger partial charge in [0.25, 0.3) is 0 Å². The van der Waals surface area contributed by atoms with E-state index in [4.69, 9.17) is 37.9 Å². The minimum Gasteiger partial charge on any atom is -0.486 e. The third-order valence-corrected chi connectivity index (χ3v) is 12.6. The number of hydrogen-bond donors (Lipinski definition) is 2. The normalized spacial score (nSPS) is 22.7. The Balaban J connectivity index is 0.000000157. The Morgan fingerprint density at radius 3 is 1.82 bits per heavy atom. The van der Waals surface area contributed by atoms with Crippen molar-refractivity contribution in [1.82, 2.24) is 15.1 Å². The lowest BCUT2D eigenvalue weighted by Gasteiger charge is -2.39. The van der Waals surface area contributed by atoms with E-state index in [0.29, 0.717) is 69.1 Å².